The molecule has 0 aromatic heterocycles. The van der Waals surface area contributed by atoms with E-state index in [2.05, 4.69) is 13.8 Å². The molecule has 2 aromatic rings. The molecule has 1 amide bonds. The van der Waals surface area contributed by atoms with E-state index in [1.807, 2.05) is 35.2 Å². The van der Waals surface area contributed by atoms with Gasteiger partial charge in [0.25, 0.3) is 5.91 Å². The molecule has 0 bridgehead atoms. The largest absolute Gasteiger partial charge is 0.489 e. The van der Waals surface area contributed by atoms with Crippen LogP contribution in [0.1, 0.15) is 65.8 Å². The van der Waals surface area contributed by atoms with Crippen molar-refractivity contribution in [3.8, 4) is 5.75 Å². The third-order valence-electron chi connectivity index (χ3n) is 4.45. The number of ether oxygens (including phenoxy) is 1. The Hall–Kier alpha value is -2.62. The van der Waals surface area contributed by atoms with Crippen molar-refractivity contribution in [1.82, 2.24) is 4.90 Å². The summed E-state index contributed by atoms with van der Waals surface area (Å²) < 4.78 is 5.73. The summed E-state index contributed by atoms with van der Waals surface area (Å²) in [6.45, 7) is 6.30. The zero-order valence-corrected chi connectivity index (χ0v) is 16.3. The molecule has 144 valence electrons. The predicted molar refractivity (Wildman–Crippen MR) is 108 cm³/mol. The van der Waals surface area contributed by atoms with Crippen molar-refractivity contribution in [2.75, 3.05) is 13.1 Å². The van der Waals surface area contributed by atoms with Crippen molar-refractivity contribution in [3.05, 3.63) is 65.2 Å². The fraction of sp³-hybridized carbons (Fsp3) is 0.391. The molecule has 27 heavy (non-hydrogen) atoms. The third-order valence-corrected chi connectivity index (χ3v) is 4.45. The van der Waals surface area contributed by atoms with Crippen molar-refractivity contribution in [3.63, 3.8) is 0 Å². The minimum Gasteiger partial charge on any atom is -0.489 e. The molecule has 4 nitrogen and oxygen atoms in total. The van der Waals surface area contributed by atoms with Gasteiger partial charge >= 0.3 is 0 Å². The van der Waals surface area contributed by atoms with Gasteiger partial charge in [-0.05, 0) is 42.7 Å². The number of benzene rings is 2. The standard InChI is InChI=1S/C23H29NO3/c1-3-5-14-24(15-6-4-2)23(26)21-12-10-19(11-13-21)18-27-22-9-7-8-20(16-22)17-25/h7-13,16-17H,3-6,14-15,18H2,1-2H3. The van der Waals surface area contributed by atoms with Gasteiger partial charge in [0.1, 0.15) is 18.6 Å². The normalized spacial score (nSPS) is 10.4. The van der Waals surface area contributed by atoms with E-state index in [0.717, 1.165) is 50.6 Å². The first kappa shape index (κ1) is 20.7. The van der Waals surface area contributed by atoms with Gasteiger partial charge in [-0.3, -0.25) is 9.59 Å². The highest BCUT2D eigenvalue weighted by molar-refractivity contribution is 5.94. The molecule has 0 aliphatic rings. The molecule has 0 saturated carbocycles. The van der Waals surface area contributed by atoms with Gasteiger partial charge in [0.15, 0.2) is 0 Å². The van der Waals surface area contributed by atoms with Crippen LogP contribution in [0.25, 0.3) is 0 Å². The minimum atomic E-state index is 0.100. The van der Waals surface area contributed by atoms with E-state index in [1.54, 1.807) is 18.2 Å². The molecule has 0 aliphatic heterocycles. The Labute approximate surface area is 162 Å². The summed E-state index contributed by atoms with van der Waals surface area (Å²) in [6.07, 6.45) is 5.02. The highest BCUT2D eigenvalue weighted by Gasteiger charge is 2.14. The maximum atomic E-state index is 12.8. The zero-order valence-electron chi connectivity index (χ0n) is 16.3. The third kappa shape index (κ3) is 6.55. The number of carbonyl (C=O) groups excluding carboxylic acids is 2. The maximum absolute atomic E-state index is 12.8. The Morgan fingerprint density at radius 2 is 1.67 bits per heavy atom. The van der Waals surface area contributed by atoms with Crippen LogP contribution in [0.4, 0.5) is 0 Å². The molecule has 0 fully saturated rings. The fourth-order valence-corrected chi connectivity index (χ4v) is 2.78. The summed E-state index contributed by atoms with van der Waals surface area (Å²) in [6, 6.07) is 14.7. The smallest absolute Gasteiger partial charge is 0.253 e. The molecule has 0 N–H and O–H groups in total. The average molecular weight is 367 g/mol. The van der Waals surface area contributed by atoms with Gasteiger partial charge in [-0.1, -0.05) is 51.0 Å². The van der Waals surface area contributed by atoms with Crippen LogP contribution in [0, 0.1) is 0 Å². The van der Waals surface area contributed by atoms with Crippen molar-refractivity contribution in [2.24, 2.45) is 0 Å². The first-order valence-electron chi connectivity index (χ1n) is 9.74. The predicted octanol–water partition coefficient (Wildman–Crippen LogP) is 5.12. The van der Waals surface area contributed by atoms with Crippen LogP contribution in [0.2, 0.25) is 0 Å². The van der Waals surface area contributed by atoms with Crippen molar-refractivity contribution in [2.45, 2.75) is 46.1 Å². The lowest BCUT2D eigenvalue weighted by molar-refractivity contribution is 0.0751. The van der Waals surface area contributed by atoms with E-state index in [9.17, 15) is 9.59 Å². The van der Waals surface area contributed by atoms with Crippen LogP contribution in [0.5, 0.6) is 5.75 Å². The summed E-state index contributed by atoms with van der Waals surface area (Å²) >= 11 is 0. The van der Waals surface area contributed by atoms with Gasteiger partial charge in [0, 0.05) is 24.2 Å². The topological polar surface area (TPSA) is 46.6 Å². The maximum Gasteiger partial charge on any atom is 0.253 e. The minimum absolute atomic E-state index is 0.100. The number of amides is 1. The van der Waals surface area contributed by atoms with Crippen molar-refractivity contribution in [1.29, 1.82) is 0 Å². The number of unbranched alkanes of at least 4 members (excludes halogenated alkanes) is 2. The van der Waals surface area contributed by atoms with Crippen molar-refractivity contribution < 1.29 is 14.3 Å². The van der Waals surface area contributed by atoms with Gasteiger partial charge in [0.2, 0.25) is 0 Å². The van der Waals surface area contributed by atoms with E-state index in [1.165, 1.54) is 0 Å². The molecule has 0 atom stereocenters. The molecule has 0 spiro atoms. The zero-order chi connectivity index (χ0) is 19.5. The van der Waals surface area contributed by atoms with Crippen LogP contribution in [-0.2, 0) is 6.61 Å². The Morgan fingerprint density at radius 3 is 2.26 bits per heavy atom. The van der Waals surface area contributed by atoms with E-state index in [-0.39, 0.29) is 5.91 Å². The SMILES string of the molecule is CCCCN(CCCC)C(=O)c1ccc(COc2cccc(C=O)c2)cc1. The molecular weight excluding hydrogens is 338 g/mol. The molecule has 0 saturated heterocycles. The Kier molecular flexibility index (Phi) is 8.56. The summed E-state index contributed by atoms with van der Waals surface area (Å²) in [7, 11) is 0. The van der Waals surface area contributed by atoms with Gasteiger partial charge in [0.05, 0.1) is 0 Å². The molecule has 2 aromatic carbocycles. The Balaban J connectivity index is 1.97. The second kappa shape index (κ2) is 11.2. The molecule has 4 heteroatoms. The lowest BCUT2D eigenvalue weighted by atomic mass is 10.1. The van der Waals surface area contributed by atoms with Gasteiger partial charge < -0.3 is 9.64 Å². The van der Waals surface area contributed by atoms with E-state index in [0.29, 0.717) is 23.5 Å². The van der Waals surface area contributed by atoms with Crippen LogP contribution in [-0.4, -0.2) is 30.2 Å². The van der Waals surface area contributed by atoms with Gasteiger partial charge in [-0.25, -0.2) is 0 Å². The summed E-state index contributed by atoms with van der Waals surface area (Å²) in [5.41, 5.74) is 2.29. The molecule has 2 rings (SSSR count). The summed E-state index contributed by atoms with van der Waals surface area (Å²) in [5.74, 6) is 0.758. The second-order valence-electron chi connectivity index (χ2n) is 6.68. The number of nitrogens with zero attached hydrogens (tertiary/aromatic N) is 1. The highest BCUT2D eigenvalue weighted by Crippen LogP contribution is 2.15. The molecule has 0 radical (unpaired) electrons. The lowest BCUT2D eigenvalue weighted by Gasteiger charge is -2.22. The summed E-state index contributed by atoms with van der Waals surface area (Å²) in [5, 5.41) is 0. The Morgan fingerprint density at radius 1 is 1.00 bits per heavy atom. The average Bonchev–Trinajstić information content (AvgIpc) is 2.72. The van der Waals surface area contributed by atoms with Crippen LogP contribution < -0.4 is 4.74 Å². The van der Waals surface area contributed by atoms with E-state index >= 15 is 0 Å². The van der Waals surface area contributed by atoms with E-state index < -0.39 is 0 Å². The number of hydrogen-bond donors (Lipinski definition) is 0. The fourth-order valence-electron chi connectivity index (χ4n) is 2.78. The van der Waals surface area contributed by atoms with Crippen LogP contribution in [0.3, 0.4) is 0 Å². The molecule has 0 unspecified atom stereocenters. The van der Waals surface area contributed by atoms with Crippen molar-refractivity contribution >= 4 is 12.2 Å². The number of rotatable bonds is 11. The quantitative estimate of drug-likeness (QED) is 0.518. The highest BCUT2D eigenvalue weighted by atomic mass is 16.5. The monoisotopic (exact) mass is 367 g/mol. The molecule has 0 heterocycles. The molecule has 0 aliphatic carbocycles. The first-order chi connectivity index (χ1) is 13.2. The van der Waals surface area contributed by atoms with Gasteiger partial charge in [-0.15, -0.1) is 0 Å². The number of hydrogen-bond acceptors (Lipinski definition) is 3. The molecular formula is C23H29NO3. The number of carbonyl (C=O) groups is 2. The Bertz CT molecular complexity index is 717. The lowest BCUT2D eigenvalue weighted by Crippen LogP contribution is -2.32. The first-order valence-corrected chi connectivity index (χ1v) is 9.74. The van der Waals surface area contributed by atoms with Gasteiger partial charge in [-0.2, -0.15) is 0 Å². The van der Waals surface area contributed by atoms with Crippen LogP contribution in [0.15, 0.2) is 48.5 Å². The summed E-state index contributed by atoms with van der Waals surface area (Å²) in [4.78, 5) is 25.6. The van der Waals surface area contributed by atoms with E-state index in [4.69, 9.17) is 4.74 Å². The van der Waals surface area contributed by atoms with Crippen LogP contribution >= 0.6 is 0 Å². The number of aldehydes is 1. The second-order valence-corrected chi connectivity index (χ2v) is 6.68.